The Morgan fingerprint density at radius 2 is 2.03 bits per heavy atom. The fourth-order valence-corrected chi connectivity index (χ4v) is 5.27. The molecule has 3 N–H and O–H groups in total. The maximum absolute atomic E-state index is 13.2. The number of pyridine rings is 2. The van der Waals surface area contributed by atoms with Gasteiger partial charge >= 0.3 is 0 Å². The Balaban J connectivity index is 1.35. The van der Waals surface area contributed by atoms with Crippen molar-refractivity contribution < 1.29 is 19.4 Å². The van der Waals surface area contributed by atoms with Gasteiger partial charge in [0.1, 0.15) is 16.6 Å². The number of ether oxygens (including phenoxy) is 1. The summed E-state index contributed by atoms with van der Waals surface area (Å²) in [6, 6.07) is 3.32. The van der Waals surface area contributed by atoms with Crippen molar-refractivity contribution in [3.63, 3.8) is 0 Å². The van der Waals surface area contributed by atoms with Crippen molar-refractivity contribution in [3.05, 3.63) is 52.8 Å². The fraction of sp³-hybridized carbons (Fsp3) is 0.333. The molecule has 1 aliphatic carbocycles. The lowest BCUT2D eigenvalue weighted by atomic mass is 9.93. The van der Waals surface area contributed by atoms with Crippen LogP contribution in [0.5, 0.6) is 5.75 Å². The van der Waals surface area contributed by atoms with E-state index < -0.39 is 12.0 Å². The first-order chi connectivity index (χ1) is 17.8. The van der Waals surface area contributed by atoms with Crippen molar-refractivity contribution in [2.45, 2.75) is 44.8 Å². The van der Waals surface area contributed by atoms with Crippen molar-refractivity contribution >= 4 is 44.8 Å². The van der Waals surface area contributed by atoms with Gasteiger partial charge in [-0.25, -0.2) is 14.5 Å². The number of imidazole rings is 1. The summed E-state index contributed by atoms with van der Waals surface area (Å²) in [4.78, 5) is 39.0. The first-order valence-electron chi connectivity index (χ1n) is 11.6. The Morgan fingerprint density at radius 3 is 2.78 bits per heavy atom. The maximum Gasteiger partial charge on any atom is 0.271 e. The smallest absolute Gasteiger partial charge is 0.271 e. The molecule has 1 saturated carbocycles. The second-order valence-electron chi connectivity index (χ2n) is 8.78. The highest BCUT2D eigenvalue weighted by Crippen LogP contribution is 2.34. The molecule has 2 amide bonds. The minimum Gasteiger partial charge on any atom is -0.494 e. The lowest BCUT2D eigenvalue weighted by molar-refractivity contribution is 0.0845. The molecule has 1 aliphatic rings. The summed E-state index contributed by atoms with van der Waals surface area (Å²) >= 11 is 7.25. The van der Waals surface area contributed by atoms with Gasteiger partial charge < -0.3 is 15.2 Å². The van der Waals surface area contributed by atoms with Crippen LogP contribution in [-0.2, 0) is 0 Å². The number of nitrogens with zero attached hydrogens (tertiary/aromatic N) is 5. The van der Waals surface area contributed by atoms with Crippen LogP contribution < -0.4 is 15.4 Å². The molecule has 11 nitrogen and oxygen atoms in total. The number of halogens is 1. The molecule has 0 saturated heterocycles. The summed E-state index contributed by atoms with van der Waals surface area (Å²) in [5, 5.41) is 20.5. The predicted octanol–water partition coefficient (Wildman–Crippen LogP) is 3.50. The molecule has 0 spiro atoms. The number of fused-ring (bicyclic) bond motifs is 1. The number of amides is 2. The number of rotatable bonds is 6. The minimum atomic E-state index is -0.427. The zero-order valence-corrected chi connectivity index (χ0v) is 21.6. The van der Waals surface area contributed by atoms with Gasteiger partial charge in [0.25, 0.3) is 11.8 Å². The maximum atomic E-state index is 13.2. The number of aliphatic hydroxyl groups excluding tert-OH is 1. The van der Waals surface area contributed by atoms with Gasteiger partial charge in [0.2, 0.25) is 10.1 Å². The standard InChI is InChI=1S/C24H24ClN7O4S/c1-12-6-15(16-8-20(25)27-10-19(16)36-2)17(9-26-12)21(34)30-23-31-32-11-18(29-24(32)37-23)22(35)28-13-4-3-5-14(33)7-13/h6,8-11,13-14,33H,3-5,7H2,1-2H3,(H,28,35)(H,30,31,34)/t13-,14+/m1/s1. The first kappa shape index (κ1) is 25.1. The minimum absolute atomic E-state index is 0.0787. The van der Waals surface area contributed by atoms with Gasteiger partial charge in [-0.05, 0) is 44.7 Å². The number of carbonyl (C=O) groups excluding carboxylic acids is 2. The average molecular weight is 542 g/mol. The van der Waals surface area contributed by atoms with E-state index in [1.165, 1.54) is 30.2 Å². The lowest BCUT2D eigenvalue weighted by Crippen LogP contribution is -2.39. The highest BCUT2D eigenvalue weighted by atomic mass is 35.5. The fourth-order valence-electron chi connectivity index (χ4n) is 4.33. The summed E-state index contributed by atoms with van der Waals surface area (Å²) in [6.07, 6.45) is 7.09. The van der Waals surface area contributed by atoms with Gasteiger partial charge in [0, 0.05) is 29.1 Å². The number of aliphatic hydroxyl groups is 1. The predicted molar refractivity (Wildman–Crippen MR) is 138 cm³/mol. The van der Waals surface area contributed by atoms with E-state index >= 15 is 0 Å². The molecule has 4 aromatic rings. The van der Waals surface area contributed by atoms with Gasteiger partial charge in [-0.3, -0.25) is 19.9 Å². The molecule has 0 aromatic carbocycles. The quantitative estimate of drug-likeness (QED) is 0.315. The third-order valence-electron chi connectivity index (χ3n) is 6.11. The molecule has 0 unspecified atom stereocenters. The van der Waals surface area contributed by atoms with E-state index in [0.717, 1.165) is 30.6 Å². The molecule has 0 bridgehead atoms. The Kier molecular flexibility index (Phi) is 7.04. The van der Waals surface area contributed by atoms with E-state index in [9.17, 15) is 14.7 Å². The number of aromatic nitrogens is 5. The van der Waals surface area contributed by atoms with Crippen LogP contribution in [0, 0.1) is 6.92 Å². The number of hydrogen-bond donors (Lipinski definition) is 3. The number of carbonyl (C=O) groups is 2. The van der Waals surface area contributed by atoms with Crippen molar-refractivity contribution in [1.29, 1.82) is 0 Å². The topological polar surface area (TPSA) is 144 Å². The summed E-state index contributed by atoms with van der Waals surface area (Å²) in [7, 11) is 1.51. The number of nitrogens with one attached hydrogen (secondary N) is 2. The number of methoxy groups -OCH3 is 1. The SMILES string of the molecule is COc1cnc(Cl)cc1-c1cc(C)ncc1C(=O)Nc1nn2cc(C(=O)N[C@@H]3CCC[C@H](O)C3)nc2s1. The summed E-state index contributed by atoms with van der Waals surface area (Å²) in [5.74, 6) is -0.281. The van der Waals surface area contributed by atoms with Gasteiger partial charge in [0.15, 0.2) is 0 Å². The van der Waals surface area contributed by atoms with Crippen LogP contribution in [0.2, 0.25) is 5.15 Å². The van der Waals surface area contributed by atoms with Gasteiger partial charge in [0.05, 0.1) is 31.2 Å². The number of aryl methyl sites for hydroxylation is 1. The van der Waals surface area contributed by atoms with Crippen molar-refractivity contribution in [3.8, 4) is 16.9 Å². The summed E-state index contributed by atoms with van der Waals surface area (Å²) < 4.78 is 6.87. The Morgan fingerprint density at radius 1 is 1.19 bits per heavy atom. The van der Waals surface area contributed by atoms with Crippen LogP contribution in [0.4, 0.5) is 5.13 Å². The van der Waals surface area contributed by atoms with Crippen LogP contribution in [0.15, 0.2) is 30.7 Å². The monoisotopic (exact) mass is 541 g/mol. The van der Waals surface area contributed by atoms with Crippen molar-refractivity contribution in [2.75, 3.05) is 12.4 Å². The molecular formula is C24H24ClN7O4S. The summed E-state index contributed by atoms with van der Waals surface area (Å²) in [5.41, 5.74) is 2.42. The second-order valence-corrected chi connectivity index (χ2v) is 10.1. The van der Waals surface area contributed by atoms with E-state index in [1.807, 2.05) is 6.92 Å². The molecule has 4 aromatic heterocycles. The van der Waals surface area contributed by atoms with Crippen LogP contribution in [-0.4, -0.2) is 60.7 Å². The molecule has 0 radical (unpaired) electrons. The number of hydrogen-bond acceptors (Lipinski definition) is 9. The highest BCUT2D eigenvalue weighted by molar-refractivity contribution is 7.20. The molecule has 0 aliphatic heterocycles. The van der Waals surface area contributed by atoms with Crippen LogP contribution in [0.25, 0.3) is 16.1 Å². The Hall–Kier alpha value is -3.61. The Labute approximate surface area is 220 Å². The van der Waals surface area contributed by atoms with Crippen LogP contribution >= 0.6 is 22.9 Å². The third-order valence-corrected chi connectivity index (χ3v) is 7.15. The molecular weight excluding hydrogens is 518 g/mol. The van der Waals surface area contributed by atoms with E-state index in [0.29, 0.717) is 44.6 Å². The summed E-state index contributed by atoms with van der Waals surface area (Å²) in [6.45, 7) is 1.82. The first-order valence-corrected chi connectivity index (χ1v) is 12.8. The molecule has 37 heavy (non-hydrogen) atoms. The van der Waals surface area contributed by atoms with Gasteiger partial charge in [-0.2, -0.15) is 0 Å². The second kappa shape index (κ2) is 10.4. The van der Waals surface area contributed by atoms with Crippen LogP contribution in [0.1, 0.15) is 52.2 Å². The molecule has 2 atom stereocenters. The van der Waals surface area contributed by atoms with E-state index in [4.69, 9.17) is 16.3 Å². The van der Waals surface area contributed by atoms with E-state index in [2.05, 4.69) is 30.7 Å². The Bertz CT molecular complexity index is 1460. The third kappa shape index (κ3) is 5.41. The average Bonchev–Trinajstić information content (AvgIpc) is 3.43. The molecule has 5 rings (SSSR count). The number of anilines is 1. The largest absolute Gasteiger partial charge is 0.494 e. The molecule has 13 heteroatoms. The van der Waals surface area contributed by atoms with E-state index in [1.54, 1.807) is 12.1 Å². The zero-order valence-electron chi connectivity index (χ0n) is 20.1. The normalized spacial score (nSPS) is 17.5. The lowest BCUT2D eigenvalue weighted by Gasteiger charge is -2.26. The van der Waals surface area contributed by atoms with E-state index in [-0.39, 0.29) is 22.8 Å². The van der Waals surface area contributed by atoms with Crippen molar-refractivity contribution in [1.82, 2.24) is 29.9 Å². The molecule has 192 valence electrons. The van der Waals surface area contributed by atoms with Crippen molar-refractivity contribution in [2.24, 2.45) is 0 Å². The molecule has 1 fully saturated rings. The highest BCUT2D eigenvalue weighted by Gasteiger charge is 2.24. The van der Waals surface area contributed by atoms with Gasteiger partial charge in [-0.1, -0.05) is 22.9 Å². The molecule has 4 heterocycles. The van der Waals surface area contributed by atoms with Crippen LogP contribution in [0.3, 0.4) is 0 Å². The zero-order chi connectivity index (χ0) is 26.1. The van der Waals surface area contributed by atoms with Gasteiger partial charge in [-0.15, -0.1) is 5.10 Å².